The maximum atomic E-state index is 13.7. The van der Waals surface area contributed by atoms with E-state index in [4.69, 9.17) is 9.47 Å². The van der Waals surface area contributed by atoms with Crippen LogP contribution in [0.1, 0.15) is 38.4 Å². The molecule has 186 valence electrons. The average Bonchev–Trinajstić information content (AvgIpc) is 3.33. The minimum absolute atomic E-state index is 0.0917. The van der Waals surface area contributed by atoms with Gasteiger partial charge in [0.1, 0.15) is 12.4 Å². The molecule has 4 rings (SSSR count). The third-order valence-corrected chi connectivity index (χ3v) is 7.25. The largest absolute Gasteiger partial charge is 0.503 e. The van der Waals surface area contributed by atoms with Crippen molar-refractivity contribution in [3.05, 3.63) is 69.4 Å². The number of aliphatic hydroxyl groups excluding tert-OH is 1. The maximum Gasteiger partial charge on any atom is 0.290 e. The van der Waals surface area contributed by atoms with E-state index in [-0.39, 0.29) is 11.4 Å². The van der Waals surface area contributed by atoms with Crippen LogP contribution in [0.3, 0.4) is 0 Å². The Labute approximate surface area is 209 Å². The fourth-order valence-corrected chi connectivity index (χ4v) is 5.42. The number of ether oxygens (including phenoxy) is 2. The van der Waals surface area contributed by atoms with Crippen molar-refractivity contribution in [3.63, 3.8) is 0 Å². The first kappa shape index (κ1) is 25.1. The molecule has 9 heteroatoms. The second-order valence-electron chi connectivity index (χ2n) is 8.62. The smallest absolute Gasteiger partial charge is 0.290 e. The molecule has 2 aliphatic heterocycles. The number of carbonyl (C=O) groups is 2. The van der Waals surface area contributed by atoms with Crippen molar-refractivity contribution in [1.29, 1.82) is 0 Å². The van der Waals surface area contributed by atoms with E-state index < -0.39 is 17.7 Å². The lowest BCUT2D eigenvalue weighted by Crippen LogP contribution is -2.39. The molecule has 0 radical (unpaired) electrons. The molecule has 8 nitrogen and oxygen atoms in total. The molecule has 1 aromatic heterocycles. The monoisotopic (exact) mass is 497 g/mol. The van der Waals surface area contributed by atoms with Gasteiger partial charge >= 0.3 is 0 Å². The normalized spacial score (nSPS) is 18.9. The summed E-state index contributed by atoms with van der Waals surface area (Å²) in [7, 11) is 0. The van der Waals surface area contributed by atoms with Gasteiger partial charge < -0.3 is 19.5 Å². The van der Waals surface area contributed by atoms with E-state index in [0.29, 0.717) is 54.7 Å². The van der Waals surface area contributed by atoms with Gasteiger partial charge in [-0.05, 0) is 38.0 Å². The van der Waals surface area contributed by atoms with E-state index in [0.717, 1.165) is 24.6 Å². The lowest BCUT2D eigenvalue weighted by Gasteiger charge is -2.30. The molecule has 0 saturated carbocycles. The van der Waals surface area contributed by atoms with Crippen molar-refractivity contribution in [1.82, 2.24) is 14.8 Å². The molecule has 1 amide bonds. The quantitative estimate of drug-likeness (QED) is 0.396. The van der Waals surface area contributed by atoms with Crippen LogP contribution < -0.4 is 4.74 Å². The Balaban J connectivity index is 1.65. The van der Waals surface area contributed by atoms with E-state index in [1.165, 1.54) is 11.3 Å². The Hall–Kier alpha value is -3.01. The molecule has 1 atom stereocenters. The SMILES string of the molecule is C=CCOc1cccc(C2C(C(=O)c3sc(C)nc3C)=C(O)C(=O)N2CCCN2CCOCC2)c1. The summed E-state index contributed by atoms with van der Waals surface area (Å²) < 4.78 is 11.1. The average molecular weight is 498 g/mol. The number of Topliss-reactive ketones (excluding diaryl/α,β-unsaturated/α-hetero) is 1. The minimum atomic E-state index is -0.714. The van der Waals surface area contributed by atoms with Gasteiger partial charge in [-0.2, -0.15) is 0 Å². The van der Waals surface area contributed by atoms with Gasteiger partial charge in [0.15, 0.2) is 5.76 Å². The standard InChI is InChI=1S/C26H31N3O5S/c1-4-13-34-20-8-5-7-19(16-20)22-21(23(30)25-17(2)27-18(3)35-25)24(31)26(32)29(22)10-6-9-28-11-14-33-15-12-28/h4-5,7-8,16,22,31H,1,6,9-15H2,2-3H3. The molecular weight excluding hydrogens is 466 g/mol. The number of ketones is 1. The van der Waals surface area contributed by atoms with Gasteiger partial charge in [-0.25, -0.2) is 4.98 Å². The van der Waals surface area contributed by atoms with Crippen molar-refractivity contribution in [2.24, 2.45) is 0 Å². The molecule has 35 heavy (non-hydrogen) atoms. The number of benzene rings is 1. The number of carbonyl (C=O) groups excluding carboxylic acids is 2. The number of aryl methyl sites for hydroxylation is 2. The van der Waals surface area contributed by atoms with E-state index >= 15 is 0 Å². The number of nitrogens with zero attached hydrogens (tertiary/aromatic N) is 3. The zero-order valence-electron chi connectivity index (χ0n) is 20.2. The number of hydrogen-bond acceptors (Lipinski definition) is 8. The topological polar surface area (TPSA) is 92.2 Å². The van der Waals surface area contributed by atoms with Crippen molar-refractivity contribution in [2.45, 2.75) is 26.3 Å². The predicted molar refractivity (Wildman–Crippen MR) is 134 cm³/mol. The number of thiazole rings is 1. The number of aliphatic hydroxyl groups is 1. The molecule has 1 aromatic carbocycles. The molecule has 1 saturated heterocycles. The minimum Gasteiger partial charge on any atom is -0.503 e. The molecule has 1 fully saturated rings. The zero-order chi connectivity index (χ0) is 24.9. The number of rotatable bonds is 10. The lowest BCUT2D eigenvalue weighted by molar-refractivity contribution is -0.129. The first-order chi connectivity index (χ1) is 16.9. The number of hydrogen-bond donors (Lipinski definition) is 1. The van der Waals surface area contributed by atoms with Gasteiger partial charge in [-0.1, -0.05) is 24.8 Å². The van der Waals surface area contributed by atoms with Gasteiger partial charge in [0.2, 0.25) is 5.78 Å². The van der Waals surface area contributed by atoms with E-state index in [1.807, 2.05) is 31.2 Å². The van der Waals surface area contributed by atoms with Gasteiger partial charge in [0.05, 0.1) is 40.4 Å². The molecule has 0 bridgehead atoms. The van der Waals surface area contributed by atoms with Crippen molar-refractivity contribution in [3.8, 4) is 5.75 Å². The lowest BCUT2D eigenvalue weighted by atomic mass is 9.95. The second-order valence-corrected chi connectivity index (χ2v) is 9.82. The summed E-state index contributed by atoms with van der Waals surface area (Å²) >= 11 is 1.27. The third kappa shape index (κ3) is 5.47. The summed E-state index contributed by atoms with van der Waals surface area (Å²) in [6, 6.07) is 6.59. The Morgan fingerprint density at radius 1 is 1.31 bits per heavy atom. The molecule has 3 heterocycles. The second kappa shape index (κ2) is 11.2. The summed E-state index contributed by atoms with van der Waals surface area (Å²) in [6.07, 6.45) is 2.36. The Morgan fingerprint density at radius 2 is 2.09 bits per heavy atom. The molecular formula is C26H31N3O5S. The number of morpholine rings is 1. The number of aromatic nitrogens is 1. The first-order valence-corrected chi connectivity index (χ1v) is 12.6. The van der Waals surface area contributed by atoms with Crippen molar-refractivity contribution >= 4 is 23.0 Å². The van der Waals surface area contributed by atoms with Crippen LogP contribution in [0.2, 0.25) is 0 Å². The highest BCUT2D eigenvalue weighted by Crippen LogP contribution is 2.41. The third-order valence-electron chi connectivity index (χ3n) is 6.18. The summed E-state index contributed by atoms with van der Waals surface area (Å²) in [5, 5.41) is 11.7. The summed E-state index contributed by atoms with van der Waals surface area (Å²) in [5.74, 6) is -0.783. The molecule has 0 spiro atoms. The van der Waals surface area contributed by atoms with Crippen molar-refractivity contribution in [2.75, 3.05) is 46.0 Å². The van der Waals surface area contributed by atoms with E-state index in [9.17, 15) is 14.7 Å². The predicted octanol–water partition coefficient (Wildman–Crippen LogP) is 3.63. The Bertz CT molecular complexity index is 1140. The van der Waals surface area contributed by atoms with Crippen molar-refractivity contribution < 1.29 is 24.2 Å². The van der Waals surface area contributed by atoms with E-state index in [2.05, 4.69) is 16.5 Å². The molecule has 2 aliphatic rings. The van der Waals surface area contributed by atoms with Crippen LogP contribution in [0.25, 0.3) is 0 Å². The summed E-state index contributed by atoms with van der Waals surface area (Å²) in [5.41, 5.74) is 1.39. The highest BCUT2D eigenvalue weighted by atomic mass is 32.1. The molecule has 2 aromatic rings. The molecule has 1 unspecified atom stereocenters. The molecule has 1 N–H and O–H groups in total. The zero-order valence-corrected chi connectivity index (χ0v) is 21.0. The first-order valence-electron chi connectivity index (χ1n) is 11.8. The van der Waals surface area contributed by atoms with Crippen LogP contribution in [0.4, 0.5) is 0 Å². The van der Waals surface area contributed by atoms with Gasteiger partial charge in [-0.15, -0.1) is 11.3 Å². The number of amides is 1. The highest BCUT2D eigenvalue weighted by molar-refractivity contribution is 7.14. The molecule has 0 aliphatic carbocycles. The van der Waals surface area contributed by atoms with Gasteiger partial charge in [-0.3, -0.25) is 14.5 Å². The fraction of sp³-hybridized carbons (Fsp3) is 0.423. The van der Waals surface area contributed by atoms with Crippen LogP contribution in [0.5, 0.6) is 5.75 Å². The summed E-state index contributed by atoms with van der Waals surface area (Å²) in [4.78, 5) is 35.6. The van der Waals surface area contributed by atoms with E-state index in [1.54, 1.807) is 17.9 Å². The maximum absolute atomic E-state index is 13.7. The Kier molecular flexibility index (Phi) is 8.00. The highest BCUT2D eigenvalue weighted by Gasteiger charge is 2.44. The van der Waals surface area contributed by atoms with Crippen LogP contribution in [0.15, 0.2) is 48.3 Å². The van der Waals surface area contributed by atoms with Crippen LogP contribution in [0, 0.1) is 13.8 Å². The van der Waals surface area contributed by atoms with Crippen LogP contribution >= 0.6 is 11.3 Å². The van der Waals surface area contributed by atoms with Gasteiger partial charge in [0.25, 0.3) is 5.91 Å². The van der Waals surface area contributed by atoms with Gasteiger partial charge in [0, 0.05) is 26.2 Å². The summed E-state index contributed by atoms with van der Waals surface area (Å²) in [6.45, 7) is 12.0. The van der Waals surface area contributed by atoms with Crippen LogP contribution in [-0.4, -0.2) is 77.6 Å². The fourth-order valence-electron chi connectivity index (χ4n) is 4.55. The van der Waals surface area contributed by atoms with Crippen LogP contribution in [-0.2, 0) is 9.53 Å². The Morgan fingerprint density at radius 3 is 2.77 bits per heavy atom.